The minimum atomic E-state index is -0.255. The Labute approximate surface area is 101 Å². The number of carbonyl (C=O) groups is 1. The van der Waals surface area contributed by atoms with E-state index in [1.165, 1.54) is 0 Å². The van der Waals surface area contributed by atoms with Gasteiger partial charge >= 0.3 is 0 Å². The van der Waals surface area contributed by atoms with Crippen LogP contribution >= 0.6 is 0 Å². The van der Waals surface area contributed by atoms with Crippen LogP contribution in [-0.2, 0) is 0 Å². The lowest BCUT2D eigenvalue weighted by atomic mass is 9.90. The van der Waals surface area contributed by atoms with Crippen molar-refractivity contribution < 1.29 is 14.3 Å². The zero-order valence-electron chi connectivity index (χ0n) is 10.8. The van der Waals surface area contributed by atoms with Gasteiger partial charge in [0.25, 0.3) is 5.91 Å². The van der Waals surface area contributed by atoms with Crippen molar-refractivity contribution in [3.8, 4) is 0 Å². The van der Waals surface area contributed by atoms with Crippen molar-refractivity contribution in [1.29, 1.82) is 0 Å². The fourth-order valence-corrected chi connectivity index (χ4v) is 1.53. The first-order chi connectivity index (χ1) is 7.85. The van der Waals surface area contributed by atoms with E-state index in [2.05, 4.69) is 10.3 Å². The molecule has 0 aliphatic rings. The summed E-state index contributed by atoms with van der Waals surface area (Å²) in [5, 5.41) is 11.7. The molecular formula is C12H20N2O3. The Morgan fingerprint density at radius 3 is 2.59 bits per heavy atom. The summed E-state index contributed by atoms with van der Waals surface area (Å²) in [6, 6.07) is 0. The number of hydrogen-bond acceptors (Lipinski definition) is 4. The molecule has 17 heavy (non-hydrogen) atoms. The summed E-state index contributed by atoms with van der Waals surface area (Å²) in [6.07, 6.45) is 0.641. The molecule has 0 atom stereocenters. The van der Waals surface area contributed by atoms with Crippen molar-refractivity contribution in [2.45, 2.75) is 34.1 Å². The lowest BCUT2D eigenvalue weighted by Crippen LogP contribution is -2.34. The minimum Gasteiger partial charge on any atom is -0.436 e. The van der Waals surface area contributed by atoms with Crippen LogP contribution in [0.1, 0.15) is 42.4 Å². The number of aliphatic hydroxyl groups is 1. The van der Waals surface area contributed by atoms with E-state index < -0.39 is 0 Å². The number of rotatable bonds is 5. The highest BCUT2D eigenvalue weighted by Gasteiger charge is 2.21. The smallest absolute Gasteiger partial charge is 0.289 e. The molecule has 0 bridgehead atoms. The Morgan fingerprint density at radius 1 is 1.47 bits per heavy atom. The molecule has 0 radical (unpaired) electrons. The zero-order chi connectivity index (χ0) is 13.1. The van der Waals surface area contributed by atoms with E-state index in [1.54, 1.807) is 13.8 Å². The number of aliphatic hydroxyl groups excluding tert-OH is 1. The van der Waals surface area contributed by atoms with E-state index in [1.807, 2.05) is 13.8 Å². The standard InChI is InChI=1S/C12H20N2O3/c1-8-10(17-9(2)14-8)11(16)13-7-12(3,4)5-6-15/h15H,5-7H2,1-4H3,(H,13,16). The molecule has 1 aromatic heterocycles. The molecule has 0 unspecified atom stereocenters. The molecule has 2 N–H and O–H groups in total. The van der Waals surface area contributed by atoms with Crippen molar-refractivity contribution >= 4 is 5.91 Å². The van der Waals surface area contributed by atoms with Gasteiger partial charge in [0.2, 0.25) is 5.76 Å². The van der Waals surface area contributed by atoms with Crippen molar-refractivity contribution in [2.75, 3.05) is 13.2 Å². The number of amides is 1. The monoisotopic (exact) mass is 240 g/mol. The number of aryl methyl sites for hydroxylation is 2. The molecule has 96 valence electrons. The Kier molecular flexibility index (Phi) is 4.28. The van der Waals surface area contributed by atoms with E-state index in [9.17, 15) is 4.79 Å². The topological polar surface area (TPSA) is 75.4 Å². The largest absolute Gasteiger partial charge is 0.436 e. The van der Waals surface area contributed by atoms with Crippen LogP contribution < -0.4 is 5.32 Å². The second-order valence-corrected chi connectivity index (χ2v) is 4.97. The summed E-state index contributed by atoms with van der Waals surface area (Å²) in [5.41, 5.74) is 0.466. The lowest BCUT2D eigenvalue weighted by molar-refractivity contribution is 0.0898. The second kappa shape index (κ2) is 5.31. The van der Waals surface area contributed by atoms with Crippen molar-refractivity contribution in [3.63, 3.8) is 0 Å². The number of nitrogens with one attached hydrogen (secondary N) is 1. The SMILES string of the molecule is Cc1nc(C)c(C(=O)NCC(C)(C)CCO)o1. The van der Waals surface area contributed by atoms with E-state index in [0.29, 0.717) is 24.6 Å². The van der Waals surface area contributed by atoms with Gasteiger partial charge in [0.15, 0.2) is 5.89 Å². The molecule has 0 saturated carbocycles. The van der Waals surface area contributed by atoms with Crippen molar-refractivity contribution in [3.05, 3.63) is 17.3 Å². The van der Waals surface area contributed by atoms with Gasteiger partial charge in [-0.25, -0.2) is 4.98 Å². The highest BCUT2D eigenvalue weighted by atomic mass is 16.4. The van der Waals surface area contributed by atoms with Crippen LogP contribution in [0.3, 0.4) is 0 Å². The molecule has 1 rings (SSSR count). The normalized spacial score (nSPS) is 11.6. The number of oxazole rings is 1. The van der Waals surface area contributed by atoms with Gasteiger partial charge in [0.05, 0.1) is 5.69 Å². The summed E-state index contributed by atoms with van der Waals surface area (Å²) in [5.74, 6) is 0.499. The molecule has 1 amide bonds. The van der Waals surface area contributed by atoms with Crippen molar-refractivity contribution in [1.82, 2.24) is 10.3 Å². The van der Waals surface area contributed by atoms with Gasteiger partial charge in [-0.2, -0.15) is 0 Å². The lowest BCUT2D eigenvalue weighted by Gasteiger charge is -2.23. The summed E-state index contributed by atoms with van der Waals surface area (Å²) in [4.78, 5) is 15.9. The molecule has 0 spiro atoms. The maximum absolute atomic E-state index is 11.8. The quantitative estimate of drug-likeness (QED) is 0.816. The molecule has 1 heterocycles. The summed E-state index contributed by atoms with van der Waals surface area (Å²) < 4.78 is 5.23. The Hall–Kier alpha value is -1.36. The van der Waals surface area contributed by atoms with Gasteiger partial charge in [-0.05, 0) is 18.8 Å². The Balaban J connectivity index is 2.59. The molecule has 0 aliphatic carbocycles. The van der Waals surface area contributed by atoms with E-state index in [-0.39, 0.29) is 23.7 Å². The number of carbonyl (C=O) groups excluding carboxylic acids is 1. The highest BCUT2D eigenvalue weighted by Crippen LogP contribution is 2.18. The molecule has 0 saturated heterocycles. The second-order valence-electron chi connectivity index (χ2n) is 4.97. The average Bonchev–Trinajstić information content (AvgIpc) is 2.54. The van der Waals surface area contributed by atoms with Gasteiger partial charge in [0, 0.05) is 20.1 Å². The van der Waals surface area contributed by atoms with Crippen molar-refractivity contribution in [2.24, 2.45) is 5.41 Å². The summed E-state index contributed by atoms with van der Waals surface area (Å²) in [6.45, 7) is 8.03. The summed E-state index contributed by atoms with van der Waals surface area (Å²) in [7, 11) is 0. The number of nitrogens with zero attached hydrogens (tertiary/aromatic N) is 1. The first-order valence-corrected chi connectivity index (χ1v) is 5.69. The van der Waals surface area contributed by atoms with Gasteiger partial charge < -0.3 is 14.8 Å². The predicted octanol–water partition coefficient (Wildman–Crippen LogP) is 1.43. The fourth-order valence-electron chi connectivity index (χ4n) is 1.53. The molecule has 0 aliphatic heterocycles. The predicted molar refractivity (Wildman–Crippen MR) is 63.8 cm³/mol. The third kappa shape index (κ3) is 3.85. The zero-order valence-corrected chi connectivity index (χ0v) is 10.8. The van der Waals surface area contributed by atoms with Crippen LogP contribution in [0.25, 0.3) is 0 Å². The molecule has 1 aromatic rings. The summed E-state index contributed by atoms with van der Waals surface area (Å²) >= 11 is 0. The first kappa shape index (κ1) is 13.7. The third-order valence-electron chi connectivity index (χ3n) is 2.63. The van der Waals surface area contributed by atoms with Gasteiger partial charge in [-0.15, -0.1) is 0 Å². The number of hydrogen-bond donors (Lipinski definition) is 2. The van der Waals surface area contributed by atoms with Crippen LogP contribution in [0.15, 0.2) is 4.42 Å². The van der Waals surface area contributed by atoms with E-state index in [0.717, 1.165) is 0 Å². The van der Waals surface area contributed by atoms with E-state index >= 15 is 0 Å². The maximum atomic E-state index is 11.8. The average molecular weight is 240 g/mol. The number of aromatic nitrogens is 1. The maximum Gasteiger partial charge on any atom is 0.289 e. The van der Waals surface area contributed by atoms with Crippen LogP contribution in [-0.4, -0.2) is 29.1 Å². The minimum absolute atomic E-state index is 0.114. The van der Waals surface area contributed by atoms with Crippen LogP contribution in [0.4, 0.5) is 0 Å². The van der Waals surface area contributed by atoms with Gasteiger partial charge in [0.1, 0.15) is 0 Å². The van der Waals surface area contributed by atoms with Crippen LogP contribution in [0.2, 0.25) is 0 Å². The van der Waals surface area contributed by atoms with Gasteiger partial charge in [-0.1, -0.05) is 13.8 Å². The fraction of sp³-hybridized carbons (Fsp3) is 0.667. The Morgan fingerprint density at radius 2 is 2.12 bits per heavy atom. The van der Waals surface area contributed by atoms with E-state index in [4.69, 9.17) is 9.52 Å². The van der Waals surface area contributed by atoms with Gasteiger partial charge in [-0.3, -0.25) is 4.79 Å². The molecular weight excluding hydrogens is 220 g/mol. The molecule has 0 aromatic carbocycles. The molecule has 5 nitrogen and oxygen atoms in total. The Bertz CT molecular complexity index is 396. The highest BCUT2D eigenvalue weighted by molar-refractivity contribution is 5.92. The molecule has 5 heteroatoms. The third-order valence-corrected chi connectivity index (χ3v) is 2.63. The molecule has 0 fully saturated rings. The first-order valence-electron chi connectivity index (χ1n) is 5.69. The van der Waals surface area contributed by atoms with Crippen LogP contribution in [0, 0.1) is 19.3 Å². The van der Waals surface area contributed by atoms with Crippen LogP contribution in [0.5, 0.6) is 0 Å².